The van der Waals surface area contributed by atoms with Gasteiger partial charge in [-0.2, -0.15) is 5.26 Å². The molecule has 0 bridgehead atoms. The van der Waals surface area contributed by atoms with Gasteiger partial charge in [0.25, 0.3) is 0 Å². The highest BCUT2D eigenvalue weighted by Crippen LogP contribution is 1.88. The van der Waals surface area contributed by atoms with Gasteiger partial charge in [0, 0.05) is 18.9 Å². The fraction of sp³-hybridized carbons (Fsp3) is 0.333. The second-order valence-electron chi connectivity index (χ2n) is 2.61. The SMILES string of the molecule is N#CCCNC(=O)Cn1cccc1. The highest BCUT2D eigenvalue weighted by Gasteiger charge is 1.99. The lowest BCUT2D eigenvalue weighted by molar-refractivity contribution is -0.121. The minimum absolute atomic E-state index is 0.0635. The average Bonchev–Trinajstić information content (AvgIpc) is 2.57. The third-order valence-electron chi connectivity index (χ3n) is 1.55. The molecule has 0 unspecified atom stereocenters. The summed E-state index contributed by atoms with van der Waals surface area (Å²) in [7, 11) is 0. The minimum atomic E-state index is -0.0635. The summed E-state index contributed by atoms with van der Waals surface area (Å²) < 4.78 is 1.78. The molecule has 0 atom stereocenters. The Morgan fingerprint density at radius 3 is 2.77 bits per heavy atom. The van der Waals surface area contributed by atoms with Crippen LogP contribution in [0, 0.1) is 11.3 Å². The molecule has 68 valence electrons. The molecule has 0 aliphatic heterocycles. The van der Waals surface area contributed by atoms with Crippen LogP contribution in [0.2, 0.25) is 0 Å². The van der Waals surface area contributed by atoms with E-state index in [9.17, 15) is 4.79 Å². The second kappa shape index (κ2) is 4.99. The van der Waals surface area contributed by atoms with Gasteiger partial charge in [-0.05, 0) is 12.1 Å². The van der Waals surface area contributed by atoms with Crippen LogP contribution in [0.25, 0.3) is 0 Å². The van der Waals surface area contributed by atoms with E-state index in [0.29, 0.717) is 19.5 Å². The summed E-state index contributed by atoms with van der Waals surface area (Å²) in [4.78, 5) is 11.1. The topological polar surface area (TPSA) is 57.8 Å². The summed E-state index contributed by atoms with van der Waals surface area (Å²) in [5.41, 5.74) is 0. The van der Waals surface area contributed by atoms with Gasteiger partial charge in [-0.15, -0.1) is 0 Å². The van der Waals surface area contributed by atoms with Gasteiger partial charge in [-0.25, -0.2) is 0 Å². The Bertz CT molecular complexity index is 297. The van der Waals surface area contributed by atoms with Crippen molar-refractivity contribution in [2.75, 3.05) is 6.54 Å². The number of rotatable bonds is 4. The van der Waals surface area contributed by atoms with Gasteiger partial charge in [0.05, 0.1) is 12.5 Å². The Balaban J connectivity index is 2.23. The number of nitrogens with one attached hydrogen (secondary N) is 1. The number of carbonyl (C=O) groups is 1. The summed E-state index contributed by atoms with van der Waals surface area (Å²) in [6.07, 6.45) is 4.01. The summed E-state index contributed by atoms with van der Waals surface area (Å²) in [6, 6.07) is 5.69. The van der Waals surface area contributed by atoms with Crippen molar-refractivity contribution in [2.24, 2.45) is 0 Å². The molecule has 0 saturated carbocycles. The Hall–Kier alpha value is -1.76. The molecular formula is C9H11N3O. The molecule has 13 heavy (non-hydrogen) atoms. The third kappa shape index (κ3) is 3.43. The zero-order chi connectivity index (χ0) is 9.52. The minimum Gasteiger partial charge on any atom is -0.354 e. The highest BCUT2D eigenvalue weighted by molar-refractivity contribution is 5.75. The maximum atomic E-state index is 11.1. The van der Waals surface area contributed by atoms with Crippen LogP contribution in [0.3, 0.4) is 0 Å². The van der Waals surface area contributed by atoms with Gasteiger partial charge in [0.1, 0.15) is 6.54 Å². The Morgan fingerprint density at radius 2 is 2.15 bits per heavy atom. The van der Waals surface area contributed by atoms with Crippen LogP contribution >= 0.6 is 0 Å². The maximum absolute atomic E-state index is 11.1. The zero-order valence-electron chi connectivity index (χ0n) is 7.23. The molecule has 0 radical (unpaired) electrons. The highest BCUT2D eigenvalue weighted by atomic mass is 16.1. The quantitative estimate of drug-likeness (QED) is 0.681. The van der Waals surface area contributed by atoms with Crippen molar-refractivity contribution in [2.45, 2.75) is 13.0 Å². The number of hydrogen-bond acceptors (Lipinski definition) is 2. The molecule has 1 aromatic heterocycles. The molecule has 1 heterocycles. The van der Waals surface area contributed by atoms with Crippen LogP contribution in [0.5, 0.6) is 0 Å². The van der Waals surface area contributed by atoms with E-state index in [1.807, 2.05) is 30.6 Å². The molecule has 1 aromatic rings. The number of aromatic nitrogens is 1. The summed E-state index contributed by atoms with van der Waals surface area (Å²) in [6.45, 7) is 0.745. The molecule has 1 N–H and O–H groups in total. The number of nitrogens with zero attached hydrogens (tertiary/aromatic N) is 2. The average molecular weight is 177 g/mol. The van der Waals surface area contributed by atoms with Crippen LogP contribution in [-0.2, 0) is 11.3 Å². The van der Waals surface area contributed by atoms with E-state index >= 15 is 0 Å². The van der Waals surface area contributed by atoms with E-state index in [-0.39, 0.29) is 5.91 Å². The van der Waals surface area contributed by atoms with Gasteiger partial charge < -0.3 is 9.88 Å². The van der Waals surface area contributed by atoms with E-state index in [0.717, 1.165) is 0 Å². The first kappa shape index (κ1) is 9.33. The fourth-order valence-corrected chi connectivity index (χ4v) is 0.955. The Morgan fingerprint density at radius 1 is 1.46 bits per heavy atom. The number of hydrogen-bond donors (Lipinski definition) is 1. The van der Waals surface area contributed by atoms with Crippen molar-refractivity contribution in [3.05, 3.63) is 24.5 Å². The normalized spacial score (nSPS) is 9.15. The Kier molecular flexibility index (Phi) is 3.58. The molecule has 0 fully saturated rings. The van der Waals surface area contributed by atoms with Crippen molar-refractivity contribution in [3.63, 3.8) is 0 Å². The first-order chi connectivity index (χ1) is 6.33. The monoisotopic (exact) mass is 177 g/mol. The van der Waals surface area contributed by atoms with Gasteiger partial charge in [0.15, 0.2) is 0 Å². The van der Waals surface area contributed by atoms with E-state index in [1.54, 1.807) is 4.57 Å². The largest absolute Gasteiger partial charge is 0.354 e. The molecule has 4 heteroatoms. The van der Waals surface area contributed by atoms with Crippen LogP contribution < -0.4 is 5.32 Å². The first-order valence-electron chi connectivity index (χ1n) is 4.07. The maximum Gasteiger partial charge on any atom is 0.239 e. The van der Waals surface area contributed by atoms with Crippen LogP contribution in [-0.4, -0.2) is 17.0 Å². The van der Waals surface area contributed by atoms with Crippen molar-refractivity contribution in [3.8, 4) is 6.07 Å². The fourth-order valence-electron chi connectivity index (χ4n) is 0.955. The first-order valence-corrected chi connectivity index (χ1v) is 4.07. The molecule has 1 amide bonds. The smallest absolute Gasteiger partial charge is 0.239 e. The van der Waals surface area contributed by atoms with Gasteiger partial charge in [-0.1, -0.05) is 0 Å². The molecule has 0 aliphatic rings. The number of carbonyl (C=O) groups excluding carboxylic acids is 1. The summed E-state index contributed by atoms with van der Waals surface area (Å²) in [5, 5.41) is 10.9. The molecule has 0 aliphatic carbocycles. The van der Waals surface area contributed by atoms with Gasteiger partial charge >= 0.3 is 0 Å². The zero-order valence-corrected chi connectivity index (χ0v) is 7.23. The second-order valence-corrected chi connectivity index (χ2v) is 2.61. The van der Waals surface area contributed by atoms with Crippen molar-refractivity contribution in [1.29, 1.82) is 5.26 Å². The van der Waals surface area contributed by atoms with E-state index in [4.69, 9.17) is 5.26 Å². The standard InChI is InChI=1S/C9H11N3O/c10-4-3-5-11-9(13)8-12-6-1-2-7-12/h1-2,6-7H,3,5,8H2,(H,11,13). The Labute approximate surface area is 76.8 Å². The molecule has 0 aromatic carbocycles. The lowest BCUT2D eigenvalue weighted by Crippen LogP contribution is -2.27. The van der Waals surface area contributed by atoms with Crippen LogP contribution in [0.4, 0.5) is 0 Å². The molecule has 1 rings (SSSR count). The molecule has 4 nitrogen and oxygen atoms in total. The van der Waals surface area contributed by atoms with E-state index < -0.39 is 0 Å². The predicted molar refractivity (Wildman–Crippen MR) is 47.7 cm³/mol. The summed E-state index contributed by atoms with van der Waals surface area (Å²) in [5.74, 6) is -0.0635. The van der Waals surface area contributed by atoms with Crippen LogP contribution in [0.1, 0.15) is 6.42 Å². The van der Waals surface area contributed by atoms with Gasteiger partial charge in [-0.3, -0.25) is 4.79 Å². The molecular weight excluding hydrogens is 166 g/mol. The van der Waals surface area contributed by atoms with Crippen molar-refractivity contribution in [1.82, 2.24) is 9.88 Å². The van der Waals surface area contributed by atoms with Crippen LogP contribution in [0.15, 0.2) is 24.5 Å². The third-order valence-corrected chi connectivity index (χ3v) is 1.55. The van der Waals surface area contributed by atoms with Crippen molar-refractivity contribution < 1.29 is 4.79 Å². The lowest BCUT2D eigenvalue weighted by Gasteiger charge is -2.02. The van der Waals surface area contributed by atoms with Gasteiger partial charge in [0.2, 0.25) is 5.91 Å². The van der Waals surface area contributed by atoms with Crippen molar-refractivity contribution >= 4 is 5.91 Å². The molecule has 0 spiro atoms. The van der Waals surface area contributed by atoms with E-state index in [1.165, 1.54) is 0 Å². The lowest BCUT2D eigenvalue weighted by atomic mass is 10.4. The number of nitriles is 1. The molecule has 0 saturated heterocycles. The van der Waals surface area contributed by atoms with E-state index in [2.05, 4.69) is 5.32 Å². The number of amides is 1. The predicted octanol–water partition coefficient (Wildman–Crippen LogP) is 0.518. The summed E-state index contributed by atoms with van der Waals surface area (Å²) >= 11 is 0.